The first-order chi connectivity index (χ1) is 19.1. The second-order valence-corrected chi connectivity index (χ2v) is 9.23. The highest BCUT2D eigenvalue weighted by atomic mass is 19.1. The van der Waals surface area contributed by atoms with Gasteiger partial charge in [-0.1, -0.05) is 91.0 Å². The van der Waals surface area contributed by atoms with E-state index in [0.717, 1.165) is 27.5 Å². The van der Waals surface area contributed by atoms with Gasteiger partial charge in [0.05, 0.1) is 32.6 Å². The molecule has 9 heteroatoms. The van der Waals surface area contributed by atoms with Crippen molar-refractivity contribution >= 4 is 0 Å². The van der Waals surface area contributed by atoms with E-state index in [9.17, 15) is 14.0 Å². The van der Waals surface area contributed by atoms with Crippen LogP contribution < -0.4 is 11.2 Å². The van der Waals surface area contributed by atoms with Gasteiger partial charge in [-0.05, 0) is 16.7 Å². The molecule has 1 saturated heterocycles. The molecule has 4 aromatic rings. The summed E-state index contributed by atoms with van der Waals surface area (Å²) < 4.78 is 40.2. The Labute approximate surface area is 224 Å². The zero-order valence-electron chi connectivity index (χ0n) is 21.2. The number of nitrogens with one attached hydrogen (secondary N) is 1. The predicted octanol–water partition coefficient (Wildman–Crippen LogP) is 3.96. The Bertz CT molecular complexity index is 1450. The van der Waals surface area contributed by atoms with Gasteiger partial charge in [0, 0.05) is 0 Å². The van der Waals surface area contributed by atoms with Gasteiger partial charge in [0.1, 0.15) is 18.3 Å². The van der Waals surface area contributed by atoms with Crippen molar-refractivity contribution in [1.82, 2.24) is 9.55 Å². The summed E-state index contributed by atoms with van der Waals surface area (Å²) in [6, 6.07) is 28.8. The SMILES string of the molecule is O=c1[nH]c(=O)n([C@H]2O[C@H](COCc3ccccc3)[C@@H](OCc3ccccc3)[C@@H]2OCc2ccccc2)cc1F. The summed E-state index contributed by atoms with van der Waals surface area (Å²) in [4.78, 5) is 26.4. The Kier molecular flexibility index (Phi) is 8.75. The van der Waals surface area contributed by atoms with Gasteiger partial charge in [0.15, 0.2) is 6.23 Å². The molecule has 1 aliphatic heterocycles. The predicted molar refractivity (Wildman–Crippen MR) is 141 cm³/mol. The van der Waals surface area contributed by atoms with Crippen LogP contribution in [0.25, 0.3) is 0 Å². The first-order valence-corrected chi connectivity index (χ1v) is 12.7. The third-order valence-electron chi connectivity index (χ3n) is 6.45. The molecule has 0 spiro atoms. The van der Waals surface area contributed by atoms with Crippen LogP contribution in [0.4, 0.5) is 4.39 Å². The van der Waals surface area contributed by atoms with E-state index in [1.54, 1.807) is 0 Å². The minimum absolute atomic E-state index is 0.136. The number of ether oxygens (including phenoxy) is 4. The van der Waals surface area contributed by atoms with Crippen LogP contribution in [0, 0.1) is 5.82 Å². The summed E-state index contributed by atoms with van der Waals surface area (Å²) in [5.41, 5.74) is 0.924. The third-order valence-corrected chi connectivity index (χ3v) is 6.45. The Hall–Kier alpha value is -3.89. The summed E-state index contributed by atoms with van der Waals surface area (Å²) in [7, 11) is 0. The van der Waals surface area contributed by atoms with Crippen LogP contribution in [-0.4, -0.2) is 34.5 Å². The fraction of sp³-hybridized carbons (Fsp3) is 0.267. The Balaban J connectivity index is 1.43. The molecule has 1 N–H and O–H groups in total. The van der Waals surface area contributed by atoms with Crippen molar-refractivity contribution in [3.63, 3.8) is 0 Å². The lowest BCUT2D eigenvalue weighted by Crippen LogP contribution is -2.41. The zero-order chi connectivity index (χ0) is 27.0. The van der Waals surface area contributed by atoms with Crippen molar-refractivity contribution in [2.24, 2.45) is 0 Å². The second kappa shape index (κ2) is 12.8. The van der Waals surface area contributed by atoms with Gasteiger partial charge in [0.2, 0.25) is 5.82 Å². The highest BCUT2D eigenvalue weighted by Gasteiger charge is 2.48. The molecule has 1 fully saturated rings. The number of H-pyrrole nitrogens is 1. The van der Waals surface area contributed by atoms with E-state index in [2.05, 4.69) is 0 Å². The van der Waals surface area contributed by atoms with Crippen LogP contribution in [0.2, 0.25) is 0 Å². The molecule has 202 valence electrons. The van der Waals surface area contributed by atoms with E-state index in [-0.39, 0.29) is 19.8 Å². The smallest absolute Gasteiger partial charge is 0.330 e. The van der Waals surface area contributed by atoms with Crippen LogP contribution in [0.15, 0.2) is 107 Å². The molecule has 0 bridgehead atoms. The summed E-state index contributed by atoms with van der Waals surface area (Å²) in [5, 5.41) is 0. The molecule has 0 amide bonds. The topological polar surface area (TPSA) is 91.8 Å². The molecule has 4 atom stereocenters. The number of rotatable bonds is 11. The zero-order valence-corrected chi connectivity index (χ0v) is 21.2. The fourth-order valence-electron chi connectivity index (χ4n) is 4.50. The monoisotopic (exact) mass is 532 g/mol. The van der Waals surface area contributed by atoms with Gasteiger partial charge < -0.3 is 18.9 Å². The van der Waals surface area contributed by atoms with Crippen LogP contribution >= 0.6 is 0 Å². The molecule has 5 rings (SSSR count). The highest BCUT2D eigenvalue weighted by molar-refractivity contribution is 5.15. The summed E-state index contributed by atoms with van der Waals surface area (Å²) >= 11 is 0. The van der Waals surface area contributed by atoms with Crippen LogP contribution in [0.5, 0.6) is 0 Å². The number of aromatic amines is 1. The standard InChI is InChI=1S/C30H29FN2O6/c31-24-16-33(30(35)32-28(24)34)29-27(38-19-23-14-8-3-9-15-23)26(37-18-22-12-6-2-7-13-22)25(39-29)20-36-17-21-10-4-1-5-11-21/h1-16,25-27,29H,17-20H2,(H,32,34,35)/t25-,26-,27+,29+/m1/s1. The molecule has 0 aliphatic carbocycles. The van der Waals surface area contributed by atoms with Crippen molar-refractivity contribution < 1.29 is 23.3 Å². The van der Waals surface area contributed by atoms with Crippen molar-refractivity contribution in [3.05, 3.63) is 141 Å². The van der Waals surface area contributed by atoms with E-state index >= 15 is 0 Å². The molecule has 0 unspecified atom stereocenters. The lowest BCUT2D eigenvalue weighted by atomic mass is 10.1. The van der Waals surface area contributed by atoms with E-state index in [0.29, 0.717) is 6.61 Å². The molecule has 1 aliphatic rings. The minimum Gasteiger partial charge on any atom is -0.374 e. The molecular formula is C30H29FN2O6. The molecule has 0 radical (unpaired) electrons. The lowest BCUT2D eigenvalue weighted by Gasteiger charge is -2.25. The maximum atomic E-state index is 14.3. The molecule has 1 aromatic heterocycles. The summed E-state index contributed by atoms with van der Waals surface area (Å²) in [6.45, 7) is 0.946. The molecule has 8 nitrogen and oxygen atoms in total. The van der Waals surface area contributed by atoms with E-state index in [4.69, 9.17) is 18.9 Å². The average Bonchev–Trinajstić information content (AvgIpc) is 3.31. The maximum absolute atomic E-state index is 14.3. The van der Waals surface area contributed by atoms with E-state index in [1.807, 2.05) is 96.0 Å². The number of hydrogen-bond donors (Lipinski definition) is 1. The third kappa shape index (κ3) is 6.76. The second-order valence-electron chi connectivity index (χ2n) is 9.23. The van der Waals surface area contributed by atoms with Gasteiger partial charge in [-0.3, -0.25) is 14.3 Å². The first kappa shape index (κ1) is 26.7. The van der Waals surface area contributed by atoms with Crippen molar-refractivity contribution in [3.8, 4) is 0 Å². The van der Waals surface area contributed by atoms with Crippen LogP contribution in [-0.2, 0) is 38.8 Å². The maximum Gasteiger partial charge on any atom is 0.330 e. The molecule has 0 saturated carbocycles. The highest BCUT2D eigenvalue weighted by Crippen LogP contribution is 2.34. The molecule has 39 heavy (non-hydrogen) atoms. The number of aromatic nitrogens is 2. The number of halogens is 1. The molecular weight excluding hydrogens is 503 g/mol. The Morgan fingerprint density at radius 2 is 1.26 bits per heavy atom. The number of hydrogen-bond acceptors (Lipinski definition) is 6. The summed E-state index contributed by atoms with van der Waals surface area (Å²) in [6.07, 6.45) is -2.37. The minimum atomic E-state index is -1.11. The fourth-order valence-corrected chi connectivity index (χ4v) is 4.50. The van der Waals surface area contributed by atoms with Crippen molar-refractivity contribution in [2.75, 3.05) is 6.61 Å². The van der Waals surface area contributed by atoms with Gasteiger partial charge in [-0.2, -0.15) is 4.39 Å². The van der Waals surface area contributed by atoms with Gasteiger partial charge in [-0.25, -0.2) is 4.79 Å². The molecule has 2 heterocycles. The normalized spacial score (nSPS) is 20.7. The lowest BCUT2D eigenvalue weighted by molar-refractivity contribution is -0.0922. The van der Waals surface area contributed by atoms with Gasteiger partial charge >= 0.3 is 5.69 Å². The van der Waals surface area contributed by atoms with Gasteiger partial charge in [-0.15, -0.1) is 0 Å². The molecule has 3 aromatic carbocycles. The van der Waals surface area contributed by atoms with Crippen LogP contribution in [0.1, 0.15) is 22.9 Å². The van der Waals surface area contributed by atoms with Crippen molar-refractivity contribution in [1.29, 1.82) is 0 Å². The van der Waals surface area contributed by atoms with Crippen molar-refractivity contribution in [2.45, 2.75) is 44.4 Å². The largest absolute Gasteiger partial charge is 0.374 e. The quantitative estimate of drug-likeness (QED) is 0.315. The van der Waals surface area contributed by atoms with Crippen LogP contribution in [0.3, 0.4) is 0 Å². The van der Waals surface area contributed by atoms with E-state index in [1.165, 1.54) is 0 Å². The number of benzene rings is 3. The average molecular weight is 533 g/mol. The first-order valence-electron chi connectivity index (χ1n) is 12.7. The van der Waals surface area contributed by atoms with E-state index < -0.39 is 41.6 Å². The Morgan fingerprint density at radius 1 is 0.744 bits per heavy atom. The Morgan fingerprint density at radius 3 is 1.82 bits per heavy atom. The van der Waals surface area contributed by atoms with Gasteiger partial charge in [0.25, 0.3) is 5.56 Å². The summed E-state index contributed by atoms with van der Waals surface area (Å²) in [5.74, 6) is -1.11. The number of nitrogens with zero attached hydrogens (tertiary/aromatic N) is 1.